The molecule has 0 radical (unpaired) electrons. The highest BCUT2D eigenvalue weighted by molar-refractivity contribution is 5.85. The quantitative estimate of drug-likeness (QED) is 0.791. The number of carbonyl (C=O) groups excluding carboxylic acids is 1. The average molecular weight is 416 g/mol. The fraction of sp³-hybridized carbons (Fsp3) is 0.737. The second-order valence-electron chi connectivity index (χ2n) is 8.04. The Hall–Kier alpha value is -1.11. The Bertz CT molecular complexity index is 591. The number of piperidine rings is 1. The predicted molar refractivity (Wildman–Crippen MR) is 111 cm³/mol. The number of fused-ring (bicyclic) bond motifs is 2. The Labute approximate surface area is 173 Å². The number of hydrogen-bond acceptors (Lipinski definition) is 5. The SMILES string of the molecule is Cl.Cl.NC1C2CCCC1CC(C(=O)NC1CCCN(c3ncccn3)C1)C2. The molecule has 2 aliphatic carbocycles. The van der Waals surface area contributed by atoms with Crippen molar-refractivity contribution in [2.24, 2.45) is 23.5 Å². The lowest BCUT2D eigenvalue weighted by Crippen LogP contribution is -2.53. The molecule has 2 heterocycles. The van der Waals surface area contributed by atoms with E-state index in [1.807, 2.05) is 6.07 Å². The van der Waals surface area contributed by atoms with Crippen molar-refractivity contribution in [1.29, 1.82) is 0 Å². The highest BCUT2D eigenvalue weighted by atomic mass is 35.5. The summed E-state index contributed by atoms with van der Waals surface area (Å²) in [6.45, 7) is 1.76. The summed E-state index contributed by atoms with van der Waals surface area (Å²) in [4.78, 5) is 23.7. The van der Waals surface area contributed by atoms with Crippen LogP contribution in [0.1, 0.15) is 44.9 Å². The third kappa shape index (κ3) is 5.04. The van der Waals surface area contributed by atoms with Crippen LogP contribution in [-0.2, 0) is 4.79 Å². The van der Waals surface area contributed by atoms with Gasteiger partial charge in [0.1, 0.15) is 0 Å². The third-order valence-corrected chi connectivity index (χ3v) is 6.39. The van der Waals surface area contributed by atoms with Crippen LogP contribution >= 0.6 is 24.8 Å². The molecular weight excluding hydrogens is 385 g/mol. The van der Waals surface area contributed by atoms with Gasteiger partial charge in [0.15, 0.2) is 0 Å². The van der Waals surface area contributed by atoms with Crippen molar-refractivity contribution >= 4 is 36.7 Å². The number of amides is 1. The second-order valence-corrected chi connectivity index (χ2v) is 8.04. The lowest BCUT2D eigenvalue weighted by Gasteiger charge is -2.44. The number of rotatable bonds is 3. The first-order valence-electron chi connectivity index (χ1n) is 9.78. The minimum atomic E-state index is 0. The van der Waals surface area contributed by atoms with Gasteiger partial charge in [0.05, 0.1) is 0 Å². The van der Waals surface area contributed by atoms with E-state index in [2.05, 4.69) is 20.2 Å². The maximum atomic E-state index is 12.8. The molecule has 3 aliphatic rings. The third-order valence-electron chi connectivity index (χ3n) is 6.39. The summed E-state index contributed by atoms with van der Waals surface area (Å²) in [6.07, 6.45) is 11.3. The first-order valence-corrected chi connectivity index (χ1v) is 9.78. The van der Waals surface area contributed by atoms with Crippen molar-refractivity contribution in [2.75, 3.05) is 18.0 Å². The zero-order chi connectivity index (χ0) is 17.2. The molecule has 1 aromatic rings. The average Bonchev–Trinajstić information content (AvgIpc) is 2.62. The Kier molecular flexibility index (Phi) is 8.13. The van der Waals surface area contributed by atoms with Crippen molar-refractivity contribution in [3.63, 3.8) is 0 Å². The smallest absolute Gasteiger partial charge is 0.225 e. The van der Waals surface area contributed by atoms with Crippen molar-refractivity contribution in [2.45, 2.75) is 57.0 Å². The van der Waals surface area contributed by atoms with Crippen LogP contribution in [0.3, 0.4) is 0 Å². The maximum absolute atomic E-state index is 12.8. The van der Waals surface area contributed by atoms with Gasteiger partial charge in [-0.25, -0.2) is 9.97 Å². The van der Waals surface area contributed by atoms with Crippen molar-refractivity contribution < 1.29 is 4.79 Å². The topological polar surface area (TPSA) is 84.1 Å². The molecule has 0 aromatic carbocycles. The van der Waals surface area contributed by atoms with E-state index in [4.69, 9.17) is 5.73 Å². The highest BCUT2D eigenvalue weighted by Gasteiger charge is 2.41. The van der Waals surface area contributed by atoms with E-state index >= 15 is 0 Å². The Morgan fingerprint density at radius 2 is 1.74 bits per heavy atom. The van der Waals surface area contributed by atoms with Crippen LogP contribution in [0.4, 0.5) is 5.95 Å². The van der Waals surface area contributed by atoms with Crippen molar-refractivity contribution in [3.05, 3.63) is 18.5 Å². The summed E-state index contributed by atoms with van der Waals surface area (Å²) in [7, 11) is 0. The number of nitrogens with zero attached hydrogens (tertiary/aromatic N) is 3. The van der Waals surface area contributed by atoms with Gasteiger partial charge in [0, 0.05) is 43.5 Å². The van der Waals surface area contributed by atoms with E-state index < -0.39 is 0 Å². The van der Waals surface area contributed by atoms with Gasteiger partial charge in [0.2, 0.25) is 11.9 Å². The lowest BCUT2D eigenvalue weighted by molar-refractivity contribution is -0.128. The molecule has 2 saturated carbocycles. The van der Waals surface area contributed by atoms with E-state index in [1.54, 1.807) is 12.4 Å². The molecule has 3 N–H and O–H groups in total. The Morgan fingerprint density at radius 3 is 2.41 bits per heavy atom. The Morgan fingerprint density at radius 1 is 1.07 bits per heavy atom. The van der Waals surface area contributed by atoms with Crippen molar-refractivity contribution in [3.8, 4) is 0 Å². The Balaban J connectivity index is 0.00000131. The van der Waals surface area contributed by atoms with Gasteiger partial charge in [-0.05, 0) is 56.4 Å². The molecule has 1 aromatic heterocycles. The normalized spacial score (nSPS) is 32.6. The van der Waals surface area contributed by atoms with Crippen molar-refractivity contribution in [1.82, 2.24) is 15.3 Å². The number of hydrogen-bond donors (Lipinski definition) is 2. The van der Waals surface area contributed by atoms with Crippen LogP contribution in [-0.4, -0.2) is 41.0 Å². The largest absolute Gasteiger partial charge is 0.351 e. The minimum Gasteiger partial charge on any atom is -0.351 e. The molecule has 3 atom stereocenters. The molecule has 152 valence electrons. The number of nitrogens with two attached hydrogens (primary N) is 1. The molecule has 3 unspecified atom stereocenters. The number of nitrogens with one attached hydrogen (secondary N) is 1. The molecule has 3 fully saturated rings. The van der Waals surface area contributed by atoms with Crippen LogP contribution in [0.2, 0.25) is 0 Å². The first-order chi connectivity index (χ1) is 12.2. The summed E-state index contributed by atoms with van der Waals surface area (Å²) in [5.74, 6) is 2.25. The molecule has 2 bridgehead atoms. The van der Waals surface area contributed by atoms with Crippen LogP contribution in [0.15, 0.2) is 18.5 Å². The van der Waals surface area contributed by atoms with Gasteiger partial charge in [0.25, 0.3) is 0 Å². The van der Waals surface area contributed by atoms with Crippen LogP contribution in [0.5, 0.6) is 0 Å². The maximum Gasteiger partial charge on any atom is 0.225 e. The molecule has 8 heteroatoms. The van der Waals surface area contributed by atoms with Crippen LogP contribution in [0, 0.1) is 17.8 Å². The lowest BCUT2D eigenvalue weighted by atomic mass is 9.65. The number of halogens is 2. The molecule has 0 spiro atoms. The van der Waals surface area contributed by atoms with Gasteiger partial charge in [-0.2, -0.15) is 0 Å². The van der Waals surface area contributed by atoms with E-state index in [0.29, 0.717) is 17.9 Å². The van der Waals surface area contributed by atoms with E-state index in [-0.39, 0.29) is 42.7 Å². The van der Waals surface area contributed by atoms with Gasteiger partial charge in [-0.3, -0.25) is 4.79 Å². The molecule has 4 rings (SSSR count). The summed E-state index contributed by atoms with van der Waals surface area (Å²) >= 11 is 0. The summed E-state index contributed by atoms with van der Waals surface area (Å²) in [6, 6.07) is 2.34. The first kappa shape index (κ1) is 22.2. The summed E-state index contributed by atoms with van der Waals surface area (Å²) in [5.41, 5.74) is 6.36. The van der Waals surface area contributed by atoms with E-state index in [9.17, 15) is 4.79 Å². The number of aromatic nitrogens is 2. The van der Waals surface area contributed by atoms with E-state index in [0.717, 1.165) is 44.7 Å². The molecular formula is C19H31Cl2N5O. The number of anilines is 1. The predicted octanol–water partition coefficient (Wildman–Crippen LogP) is 2.56. The minimum absolute atomic E-state index is 0. The summed E-state index contributed by atoms with van der Waals surface area (Å²) in [5, 5.41) is 3.32. The zero-order valence-electron chi connectivity index (χ0n) is 15.6. The van der Waals surface area contributed by atoms with E-state index in [1.165, 1.54) is 19.3 Å². The van der Waals surface area contributed by atoms with Gasteiger partial charge in [-0.1, -0.05) is 6.42 Å². The summed E-state index contributed by atoms with van der Waals surface area (Å²) < 4.78 is 0. The van der Waals surface area contributed by atoms with Gasteiger partial charge in [-0.15, -0.1) is 24.8 Å². The highest BCUT2D eigenvalue weighted by Crippen LogP contribution is 2.42. The molecule has 27 heavy (non-hydrogen) atoms. The fourth-order valence-electron chi connectivity index (χ4n) is 5.05. The monoisotopic (exact) mass is 415 g/mol. The fourth-order valence-corrected chi connectivity index (χ4v) is 5.05. The second kappa shape index (κ2) is 9.89. The standard InChI is InChI=1S/C19H29N5O.2ClH/c20-17-13-4-1-5-14(17)11-15(10-13)18(25)23-16-6-2-9-24(12-16)19-21-7-3-8-22-19;;/h3,7-8,13-17H,1-2,4-6,9-12,20H2,(H,23,25);2*1H. The zero-order valence-corrected chi connectivity index (χ0v) is 17.3. The number of carbonyl (C=O) groups is 1. The molecule has 6 nitrogen and oxygen atoms in total. The molecule has 1 saturated heterocycles. The van der Waals surface area contributed by atoms with Crippen LogP contribution < -0.4 is 16.0 Å². The van der Waals surface area contributed by atoms with Gasteiger partial charge >= 0.3 is 0 Å². The van der Waals surface area contributed by atoms with Crippen LogP contribution in [0.25, 0.3) is 0 Å². The molecule has 1 aliphatic heterocycles. The molecule has 1 amide bonds. The van der Waals surface area contributed by atoms with Gasteiger partial charge < -0.3 is 16.0 Å².